The largest absolute Gasteiger partial charge is 1.00 e. The fourth-order valence-electron chi connectivity index (χ4n) is 0.484. The van der Waals surface area contributed by atoms with Crippen molar-refractivity contribution >= 4 is 0 Å². The van der Waals surface area contributed by atoms with Crippen molar-refractivity contribution < 1.29 is 32.7 Å². The summed E-state index contributed by atoms with van der Waals surface area (Å²) in [5.74, 6) is -3.31. The van der Waals surface area contributed by atoms with Crippen molar-refractivity contribution in [2.45, 2.75) is 0 Å². The smallest absolute Gasteiger partial charge is 0.870 e. The van der Waals surface area contributed by atoms with Crippen LogP contribution in [0.1, 0.15) is 0 Å². The van der Waals surface area contributed by atoms with Crippen LogP contribution in [0, 0.1) is 11.6 Å². The van der Waals surface area contributed by atoms with Crippen LogP contribution >= 0.6 is 0 Å². The van der Waals surface area contributed by atoms with E-state index in [1.807, 2.05) is 0 Å². The Morgan fingerprint density at radius 1 is 1.20 bits per heavy atom. The zero-order valence-electron chi connectivity index (χ0n) is 5.40. The van der Waals surface area contributed by atoms with Gasteiger partial charge in [0.05, 0.1) is 0 Å². The van der Waals surface area contributed by atoms with Crippen LogP contribution in [0.15, 0.2) is 18.2 Å². The minimum atomic E-state index is -1.31. The van der Waals surface area contributed by atoms with E-state index in [9.17, 15) is 13.9 Å². The molecule has 0 N–H and O–H groups in total. The molecule has 1 aromatic rings. The van der Waals surface area contributed by atoms with Crippen molar-refractivity contribution in [3.63, 3.8) is 0 Å². The standard InChI is InChI=1S/C6H4F2O.Li/c7-4-2-1-3-5(9)6(4)8;/h1-3,9H;/q;+1/p-1. The molecule has 0 aliphatic carbocycles. The monoisotopic (exact) mass is 136 g/mol. The van der Waals surface area contributed by atoms with Gasteiger partial charge < -0.3 is 5.11 Å². The van der Waals surface area contributed by atoms with Gasteiger partial charge in [-0.25, -0.2) is 8.78 Å². The molecular formula is C6H3F2LiO. The summed E-state index contributed by atoms with van der Waals surface area (Å²) in [6, 6.07) is 3.04. The normalized spacial score (nSPS) is 8.60. The van der Waals surface area contributed by atoms with Gasteiger partial charge in [-0.15, -0.1) is 0 Å². The SMILES string of the molecule is [Li+].[O-]c1cccc(F)c1F. The Balaban J connectivity index is 0.000000810. The maximum absolute atomic E-state index is 12.0. The predicted octanol–water partition coefficient (Wildman–Crippen LogP) is -1.96. The van der Waals surface area contributed by atoms with Crippen molar-refractivity contribution in [1.29, 1.82) is 0 Å². The fourth-order valence-corrected chi connectivity index (χ4v) is 0.484. The first-order valence-corrected chi connectivity index (χ1v) is 2.33. The van der Waals surface area contributed by atoms with Crippen molar-refractivity contribution in [3.05, 3.63) is 29.8 Å². The molecule has 1 aromatic carbocycles. The van der Waals surface area contributed by atoms with Crippen molar-refractivity contribution in [2.24, 2.45) is 0 Å². The Kier molecular flexibility index (Phi) is 3.41. The molecule has 0 saturated heterocycles. The summed E-state index contributed by atoms with van der Waals surface area (Å²) in [5.41, 5.74) is 0. The molecule has 0 amide bonds. The third-order valence-electron chi connectivity index (χ3n) is 0.916. The maximum atomic E-state index is 12.0. The van der Waals surface area contributed by atoms with Crippen molar-refractivity contribution in [3.8, 4) is 5.75 Å². The van der Waals surface area contributed by atoms with E-state index in [0.29, 0.717) is 0 Å². The van der Waals surface area contributed by atoms with Crippen LogP contribution in [0.2, 0.25) is 0 Å². The molecule has 48 valence electrons. The van der Waals surface area contributed by atoms with E-state index in [-0.39, 0.29) is 18.9 Å². The van der Waals surface area contributed by atoms with Crippen LogP contribution in [0.25, 0.3) is 0 Å². The third kappa shape index (κ3) is 1.73. The minimum Gasteiger partial charge on any atom is -0.870 e. The first-order valence-electron chi connectivity index (χ1n) is 2.33. The Bertz CT molecular complexity index is 207. The molecule has 0 bridgehead atoms. The van der Waals surface area contributed by atoms with Gasteiger partial charge in [0.1, 0.15) is 0 Å². The topological polar surface area (TPSA) is 23.1 Å². The molecule has 1 nitrogen and oxygen atoms in total. The minimum absolute atomic E-state index is 0. The van der Waals surface area contributed by atoms with E-state index in [1.54, 1.807) is 0 Å². The Hall–Kier alpha value is -0.523. The molecule has 0 fully saturated rings. The van der Waals surface area contributed by atoms with E-state index in [4.69, 9.17) is 0 Å². The molecule has 0 saturated carbocycles. The molecule has 0 aromatic heterocycles. The molecular weight excluding hydrogens is 133 g/mol. The van der Waals surface area contributed by atoms with Gasteiger partial charge in [-0.05, 0) is 6.07 Å². The quantitative estimate of drug-likeness (QED) is 0.380. The van der Waals surface area contributed by atoms with Gasteiger partial charge >= 0.3 is 18.9 Å². The Labute approximate surface area is 68.9 Å². The third-order valence-corrected chi connectivity index (χ3v) is 0.916. The molecule has 10 heavy (non-hydrogen) atoms. The van der Waals surface area contributed by atoms with Crippen LogP contribution in [0.5, 0.6) is 5.75 Å². The summed E-state index contributed by atoms with van der Waals surface area (Å²) in [6.07, 6.45) is 0. The second-order valence-electron chi connectivity index (χ2n) is 1.55. The molecule has 1 rings (SSSR count). The zero-order chi connectivity index (χ0) is 6.85. The molecule has 0 spiro atoms. The molecule has 4 heteroatoms. The molecule has 0 unspecified atom stereocenters. The van der Waals surface area contributed by atoms with Gasteiger partial charge in [-0.2, -0.15) is 0 Å². The van der Waals surface area contributed by atoms with E-state index in [1.165, 1.54) is 6.07 Å². The summed E-state index contributed by atoms with van der Waals surface area (Å²) in [6.45, 7) is 0. The average Bonchev–Trinajstić information content (AvgIpc) is 1.83. The Morgan fingerprint density at radius 3 is 2.20 bits per heavy atom. The molecule has 0 aliphatic heterocycles. The van der Waals surface area contributed by atoms with Gasteiger partial charge in [-0.1, -0.05) is 17.9 Å². The summed E-state index contributed by atoms with van der Waals surface area (Å²) in [5, 5.41) is 10.2. The zero-order valence-corrected chi connectivity index (χ0v) is 5.40. The predicted molar refractivity (Wildman–Crippen MR) is 25.8 cm³/mol. The van der Waals surface area contributed by atoms with E-state index in [0.717, 1.165) is 12.1 Å². The van der Waals surface area contributed by atoms with Crippen LogP contribution in [0.3, 0.4) is 0 Å². The number of hydrogen-bond acceptors (Lipinski definition) is 1. The first-order chi connectivity index (χ1) is 4.22. The van der Waals surface area contributed by atoms with Crippen LogP contribution in [0.4, 0.5) is 8.78 Å². The maximum Gasteiger partial charge on any atom is 1.00 e. The molecule has 0 radical (unpaired) electrons. The fraction of sp³-hybridized carbons (Fsp3) is 0. The number of benzene rings is 1. The van der Waals surface area contributed by atoms with Gasteiger partial charge in [0.2, 0.25) is 0 Å². The average molecular weight is 136 g/mol. The van der Waals surface area contributed by atoms with E-state index >= 15 is 0 Å². The Morgan fingerprint density at radius 2 is 1.80 bits per heavy atom. The second-order valence-corrected chi connectivity index (χ2v) is 1.55. The van der Waals surface area contributed by atoms with Gasteiger partial charge in [0, 0.05) is 0 Å². The van der Waals surface area contributed by atoms with Gasteiger partial charge in [0.25, 0.3) is 0 Å². The van der Waals surface area contributed by atoms with Crippen LogP contribution < -0.4 is 24.0 Å². The summed E-state index contributed by atoms with van der Waals surface area (Å²) in [7, 11) is 0. The van der Waals surface area contributed by atoms with Gasteiger partial charge in [0.15, 0.2) is 11.6 Å². The molecule has 0 aliphatic rings. The number of rotatable bonds is 0. The second kappa shape index (κ2) is 3.60. The summed E-state index contributed by atoms with van der Waals surface area (Å²) in [4.78, 5) is 0. The summed E-state index contributed by atoms with van der Waals surface area (Å²) >= 11 is 0. The van der Waals surface area contributed by atoms with Crippen molar-refractivity contribution in [2.75, 3.05) is 0 Å². The van der Waals surface area contributed by atoms with Crippen LogP contribution in [-0.2, 0) is 0 Å². The van der Waals surface area contributed by atoms with E-state index in [2.05, 4.69) is 0 Å². The number of hydrogen-bond donors (Lipinski definition) is 0. The van der Waals surface area contributed by atoms with Crippen LogP contribution in [-0.4, -0.2) is 0 Å². The molecule has 0 heterocycles. The van der Waals surface area contributed by atoms with E-state index < -0.39 is 17.4 Å². The summed E-state index contributed by atoms with van der Waals surface area (Å²) < 4.78 is 24.0. The molecule has 0 atom stereocenters. The first kappa shape index (κ1) is 9.48. The number of halogens is 2. The van der Waals surface area contributed by atoms with Crippen molar-refractivity contribution in [1.82, 2.24) is 0 Å². The van der Waals surface area contributed by atoms with Gasteiger partial charge in [-0.3, -0.25) is 0 Å².